The lowest BCUT2D eigenvalue weighted by atomic mass is 10.1. The van der Waals surface area contributed by atoms with Gasteiger partial charge in [-0.05, 0) is 37.5 Å². The Hall–Kier alpha value is -2.49. The van der Waals surface area contributed by atoms with E-state index in [2.05, 4.69) is 22.1 Å². The summed E-state index contributed by atoms with van der Waals surface area (Å²) in [5, 5.41) is 0.586. The first-order chi connectivity index (χ1) is 10.3. The van der Waals surface area contributed by atoms with Crippen LogP contribution in [0, 0.1) is 6.92 Å². The zero-order valence-corrected chi connectivity index (χ0v) is 12.0. The highest BCUT2D eigenvalue weighted by Crippen LogP contribution is 2.07. The Bertz CT molecular complexity index is 809. The SMILES string of the molecule is Cc1nc2ncccc2c(=O)n1CCCc1ccccc1. The largest absolute Gasteiger partial charge is 0.296 e. The van der Waals surface area contributed by atoms with Crippen LogP contribution in [0.3, 0.4) is 0 Å². The maximum absolute atomic E-state index is 12.5. The van der Waals surface area contributed by atoms with E-state index in [-0.39, 0.29) is 5.56 Å². The second kappa shape index (κ2) is 5.87. The number of hydrogen-bond acceptors (Lipinski definition) is 3. The van der Waals surface area contributed by atoms with Crippen molar-refractivity contribution in [2.75, 3.05) is 0 Å². The van der Waals surface area contributed by atoms with Crippen LogP contribution in [0.1, 0.15) is 17.8 Å². The molecule has 0 bridgehead atoms. The molecule has 0 aliphatic heterocycles. The van der Waals surface area contributed by atoms with E-state index in [4.69, 9.17) is 0 Å². The van der Waals surface area contributed by atoms with Crippen LogP contribution in [0.2, 0.25) is 0 Å². The summed E-state index contributed by atoms with van der Waals surface area (Å²) in [7, 11) is 0. The fourth-order valence-corrected chi connectivity index (χ4v) is 2.51. The molecule has 0 radical (unpaired) electrons. The number of hydrogen-bond donors (Lipinski definition) is 0. The van der Waals surface area contributed by atoms with Gasteiger partial charge in [0.2, 0.25) is 0 Å². The molecule has 0 amide bonds. The number of rotatable bonds is 4. The fourth-order valence-electron chi connectivity index (χ4n) is 2.51. The molecule has 0 saturated carbocycles. The van der Waals surface area contributed by atoms with Gasteiger partial charge < -0.3 is 0 Å². The Morgan fingerprint density at radius 1 is 1.10 bits per heavy atom. The van der Waals surface area contributed by atoms with E-state index in [0.29, 0.717) is 17.6 Å². The number of aryl methyl sites for hydroxylation is 2. The van der Waals surface area contributed by atoms with Crippen molar-refractivity contribution in [1.29, 1.82) is 0 Å². The van der Waals surface area contributed by atoms with Gasteiger partial charge in [-0.2, -0.15) is 0 Å². The molecule has 4 nitrogen and oxygen atoms in total. The molecule has 0 aliphatic carbocycles. The molecule has 0 unspecified atom stereocenters. The molecule has 0 saturated heterocycles. The van der Waals surface area contributed by atoms with Gasteiger partial charge in [0.05, 0.1) is 5.39 Å². The zero-order valence-electron chi connectivity index (χ0n) is 12.0. The molecule has 0 atom stereocenters. The van der Waals surface area contributed by atoms with Gasteiger partial charge >= 0.3 is 0 Å². The summed E-state index contributed by atoms with van der Waals surface area (Å²) in [6.45, 7) is 2.54. The predicted octanol–water partition coefficient (Wildman–Crippen LogP) is 2.73. The molecular formula is C17H17N3O. The molecule has 3 aromatic rings. The van der Waals surface area contributed by atoms with E-state index in [1.807, 2.05) is 25.1 Å². The number of fused-ring (bicyclic) bond motifs is 1. The van der Waals surface area contributed by atoms with Crippen molar-refractivity contribution >= 4 is 11.0 Å². The maximum atomic E-state index is 12.5. The number of benzene rings is 1. The van der Waals surface area contributed by atoms with Crippen LogP contribution in [-0.4, -0.2) is 14.5 Å². The van der Waals surface area contributed by atoms with E-state index in [1.54, 1.807) is 22.9 Å². The van der Waals surface area contributed by atoms with Gasteiger partial charge in [-0.3, -0.25) is 9.36 Å². The van der Waals surface area contributed by atoms with Gasteiger partial charge in [0, 0.05) is 12.7 Å². The monoisotopic (exact) mass is 279 g/mol. The molecule has 0 fully saturated rings. The summed E-state index contributed by atoms with van der Waals surface area (Å²) in [4.78, 5) is 21.0. The normalized spacial score (nSPS) is 10.9. The molecule has 106 valence electrons. The minimum absolute atomic E-state index is 0.00124. The maximum Gasteiger partial charge on any atom is 0.263 e. The summed E-state index contributed by atoms with van der Waals surface area (Å²) in [6, 6.07) is 13.9. The Morgan fingerprint density at radius 3 is 2.71 bits per heavy atom. The fraction of sp³-hybridized carbons (Fsp3) is 0.235. The predicted molar refractivity (Wildman–Crippen MR) is 83.3 cm³/mol. The Labute approximate surface area is 123 Å². The molecule has 0 aliphatic rings. The van der Waals surface area contributed by atoms with E-state index < -0.39 is 0 Å². The lowest BCUT2D eigenvalue weighted by Crippen LogP contribution is -2.24. The van der Waals surface area contributed by atoms with Gasteiger partial charge in [0.15, 0.2) is 5.65 Å². The first-order valence-corrected chi connectivity index (χ1v) is 7.12. The average Bonchev–Trinajstić information content (AvgIpc) is 2.51. The van der Waals surface area contributed by atoms with Crippen LogP contribution in [-0.2, 0) is 13.0 Å². The van der Waals surface area contributed by atoms with Crippen molar-refractivity contribution in [3.63, 3.8) is 0 Å². The van der Waals surface area contributed by atoms with Crippen molar-refractivity contribution in [2.45, 2.75) is 26.3 Å². The summed E-state index contributed by atoms with van der Waals surface area (Å²) >= 11 is 0. The average molecular weight is 279 g/mol. The first kappa shape index (κ1) is 13.5. The highest BCUT2D eigenvalue weighted by Gasteiger charge is 2.08. The molecule has 2 heterocycles. The molecule has 21 heavy (non-hydrogen) atoms. The standard InChI is InChI=1S/C17H17N3O/c1-13-19-16-15(10-5-11-18-16)17(21)20(13)12-6-9-14-7-3-2-4-8-14/h2-5,7-8,10-11H,6,9,12H2,1H3. The van der Waals surface area contributed by atoms with Crippen molar-refractivity contribution in [3.05, 3.63) is 70.4 Å². The second-order valence-electron chi connectivity index (χ2n) is 5.08. The van der Waals surface area contributed by atoms with Gasteiger partial charge in [-0.15, -0.1) is 0 Å². The smallest absolute Gasteiger partial charge is 0.263 e. The van der Waals surface area contributed by atoms with E-state index >= 15 is 0 Å². The highest BCUT2D eigenvalue weighted by atomic mass is 16.1. The topological polar surface area (TPSA) is 47.8 Å². The van der Waals surface area contributed by atoms with Crippen LogP contribution in [0.5, 0.6) is 0 Å². The molecule has 2 aromatic heterocycles. The van der Waals surface area contributed by atoms with Crippen LogP contribution >= 0.6 is 0 Å². The Kier molecular flexibility index (Phi) is 3.77. The molecule has 4 heteroatoms. The number of nitrogens with zero attached hydrogens (tertiary/aromatic N) is 3. The molecule has 0 N–H and O–H groups in total. The molecule has 3 rings (SSSR count). The third-order valence-corrected chi connectivity index (χ3v) is 3.61. The zero-order chi connectivity index (χ0) is 14.7. The molecule has 1 aromatic carbocycles. The lowest BCUT2D eigenvalue weighted by Gasteiger charge is -2.10. The van der Waals surface area contributed by atoms with Crippen LogP contribution < -0.4 is 5.56 Å². The van der Waals surface area contributed by atoms with Crippen molar-refractivity contribution in [2.24, 2.45) is 0 Å². The summed E-state index contributed by atoms with van der Waals surface area (Å²) in [5.41, 5.74) is 1.82. The van der Waals surface area contributed by atoms with Crippen LogP contribution in [0.4, 0.5) is 0 Å². The highest BCUT2D eigenvalue weighted by molar-refractivity contribution is 5.72. The van der Waals surface area contributed by atoms with Gasteiger partial charge in [-0.1, -0.05) is 30.3 Å². The Morgan fingerprint density at radius 2 is 1.90 bits per heavy atom. The van der Waals surface area contributed by atoms with Gasteiger partial charge in [0.25, 0.3) is 5.56 Å². The third kappa shape index (κ3) is 2.84. The van der Waals surface area contributed by atoms with Crippen LogP contribution in [0.25, 0.3) is 11.0 Å². The second-order valence-corrected chi connectivity index (χ2v) is 5.08. The third-order valence-electron chi connectivity index (χ3n) is 3.61. The number of pyridine rings is 1. The minimum atomic E-state index is -0.00124. The summed E-state index contributed by atoms with van der Waals surface area (Å²) in [5.74, 6) is 0.722. The summed E-state index contributed by atoms with van der Waals surface area (Å²) < 4.78 is 1.74. The van der Waals surface area contributed by atoms with E-state index in [1.165, 1.54) is 5.56 Å². The quantitative estimate of drug-likeness (QED) is 0.737. The van der Waals surface area contributed by atoms with Gasteiger partial charge in [0.1, 0.15) is 5.82 Å². The minimum Gasteiger partial charge on any atom is -0.296 e. The van der Waals surface area contributed by atoms with Gasteiger partial charge in [-0.25, -0.2) is 9.97 Å². The van der Waals surface area contributed by atoms with Crippen LogP contribution in [0.15, 0.2) is 53.5 Å². The van der Waals surface area contributed by atoms with E-state index in [0.717, 1.165) is 18.7 Å². The molecule has 0 spiro atoms. The van der Waals surface area contributed by atoms with E-state index in [9.17, 15) is 4.79 Å². The lowest BCUT2D eigenvalue weighted by molar-refractivity contribution is 0.598. The number of aromatic nitrogens is 3. The van der Waals surface area contributed by atoms with Crippen molar-refractivity contribution in [3.8, 4) is 0 Å². The van der Waals surface area contributed by atoms with Crippen molar-refractivity contribution < 1.29 is 0 Å². The van der Waals surface area contributed by atoms with Crippen molar-refractivity contribution in [1.82, 2.24) is 14.5 Å². The summed E-state index contributed by atoms with van der Waals surface area (Å²) in [6.07, 6.45) is 3.53. The Balaban J connectivity index is 1.82. The molecular weight excluding hydrogens is 262 g/mol. The first-order valence-electron chi connectivity index (χ1n) is 7.12.